The van der Waals surface area contributed by atoms with E-state index in [0.717, 1.165) is 38.5 Å². The Kier molecular flexibility index (Phi) is 9.82. The van der Waals surface area contributed by atoms with Crippen LogP contribution in [0.2, 0.25) is 0 Å². The van der Waals surface area contributed by atoms with Crippen molar-refractivity contribution in [2.45, 2.75) is 51.4 Å². The van der Waals surface area contributed by atoms with Crippen molar-refractivity contribution in [3.05, 3.63) is 24.7 Å². The van der Waals surface area contributed by atoms with Crippen molar-refractivity contribution in [3.63, 3.8) is 0 Å². The third kappa shape index (κ3) is 12.5. The molecule has 114 valence electrons. The van der Waals surface area contributed by atoms with Crippen molar-refractivity contribution in [2.24, 2.45) is 0 Å². The van der Waals surface area contributed by atoms with E-state index in [4.69, 9.17) is 10.2 Å². The molecule has 0 fully saturated rings. The van der Waals surface area contributed by atoms with E-state index < -0.39 is 12.3 Å². The topological polar surface area (TPSA) is 93.1 Å². The van der Waals surface area contributed by atoms with Crippen LogP contribution in [-0.2, 0) is 9.47 Å². The molecule has 0 aromatic carbocycles. The van der Waals surface area contributed by atoms with E-state index in [1.807, 2.05) is 0 Å². The highest BCUT2D eigenvalue weighted by Gasteiger charge is 2.03. The minimum atomic E-state index is -1.32. The number of hydrogen-bond donors (Lipinski definition) is 2. The zero-order valence-corrected chi connectivity index (χ0v) is 11.6. The standard InChI is InChI=1S/C14H22O6/c1-11(19-13(15)16)9-7-5-3-4-6-8-10-12(2)20-14(17)18/h1-10H2,(H,15,16)(H,17,18). The lowest BCUT2D eigenvalue weighted by atomic mass is 10.1. The van der Waals surface area contributed by atoms with Gasteiger partial charge in [-0.2, -0.15) is 0 Å². The van der Waals surface area contributed by atoms with E-state index >= 15 is 0 Å². The van der Waals surface area contributed by atoms with Gasteiger partial charge in [-0.25, -0.2) is 9.59 Å². The van der Waals surface area contributed by atoms with Gasteiger partial charge in [-0.15, -0.1) is 0 Å². The lowest BCUT2D eigenvalue weighted by molar-refractivity contribution is 0.114. The molecule has 0 bridgehead atoms. The minimum Gasteiger partial charge on any atom is -0.449 e. The summed E-state index contributed by atoms with van der Waals surface area (Å²) in [4.78, 5) is 20.4. The first kappa shape index (κ1) is 18.0. The Hall–Kier alpha value is -1.98. The summed E-state index contributed by atoms with van der Waals surface area (Å²) >= 11 is 0. The Bertz CT molecular complexity index is 314. The van der Waals surface area contributed by atoms with E-state index in [2.05, 4.69) is 22.6 Å². The first-order valence-corrected chi connectivity index (χ1v) is 6.59. The maximum Gasteiger partial charge on any atom is 0.510 e. The summed E-state index contributed by atoms with van der Waals surface area (Å²) in [6, 6.07) is 0. The van der Waals surface area contributed by atoms with E-state index in [-0.39, 0.29) is 11.5 Å². The van der Waals surface area contributed by atoms with Gasteiger partial charge in [0.05, 0.1) is 0 Å². The summed E-state index contributed by atoms with van der Waals surface area (Å²) in [6.07, 6.45) is 4.19. The number of allylic oxidation sites excluding steroid dienone is 2. The molecule has 6 nitrogen and oxygen atoms in total. The number of unbranched alkanes of at least 4 members (excludes halogenated alkanes) is 5. The predicted molar refractivity (Wildman–Crippen MR) is 73.4 cm³/mol. The van der Waals surface area contributed by atoms with E-state index in [1.165, 1.54) is 0 Å². The highest BCUT2D eigenvalue weighted by Crippen LogP contribution is 2.14. The molecular weight excluding hydrogens is 264 g/mol. The second-order valence-electron chi connectivity index (χ2n) is 4.43. The first-order valence-electron chi connectivity index (χ1n) is 6.59. The molecule has 6 heteroatoms. The van der Waals surface area contributed by atoms with Crippen molar-refractivity contribution in [3.8, 4) is 0 Å². The fraction of sp³-hybridized carbons (Fsp3) is 0.571. The van der Waals surface area contributed by atoms with Crippen LogP contribution in [0, 0.1) is 0 Å². The SMILES string of the molecule is C=C(CCCCCCCCC(=C)OC(=O)O)OC(=O)O. The van der Waals surface area contributed by atoms with E-state index in [0.29, 0.717) is 12.8 Å². The van der Waals surface area contributed by atoms with E-state index in [1.54, 1.807) is 0 Å². The zero-order chi connectivity index (χ0) is 15.4. The summed E-state index contributed by atoms with van der Waals surface area (Å²) in [6.45, 7) is 7.02. The minimum absolute atomic E-state index is 0.277. The smallest absolute Gasteiger partial charge is 0.449 e. The summed E-state index contributed by atoms with van der Waals surface area (Å²) in [5, 5.41) is 16.7. The number of carboxylic acid groups (broad SMARTS) is 2. The predicted octanol–water partition coefficient (Wildman–Crippen LogP) is 4.52. The normalized spacial score (nSPS) is 9.80. The number of ether oxygens (including phenoxy) is 2. The van der Waals surface area contributed by atoms with Crippen LogP contribution in [0.1, 0.15) is 51.4 Å². The first-order chi connectivity index (χ1) is 9.41. The van der Waals surface area contributed by atoms with Crippen molar-refractivity contribution in [2.75, 3.05) is 0 Å². The van der Waals surface area contributed by atoms with Gasteiger partial charge in [0.1, 0.15) is 11.5 Å². The van der Waals surface area contributed by atoms with Crippen LogP contribution in [0.5, 0.6) is 0 Å². The maximum absolute atomic E-state index is 10.2. The molecule has 0 spiro atoms. The Morgan fingerprint density at radius 2 is 1.00 bits per heavy atom. The van der Waals surface area contributed by atoms with Gasteiger partial charge in [0, 0.05) is 12.8 Å². The van der Waals surface area contributed by atoms with Gasteiger partial charge in [0.2, 0.25) is 0 Å². The molecule has 0 heterocycles. The maximum atomic E-state index is 10.2. The van der Waals surface area contributed by atoms with Crippen LogP contribution >= 0.6 is 0 Å². The van der Waals surface area contributed by atoms with Gasteiger partial charge in [-0.3, -0.25) is 0 Å². The molecular formula is C14H22O6. The molecule has 0 atom stereocenters. The number of carbonyl (C=O) groups is 2. The molecule has 0 rings (SSSR count). The van der Waals surface area contributed by atoms with Crippen LogP contribution in [0.25, 0.3) is 0 Å². The average Bonchev–Trinajstić information content (AvgIpc) is 2.30. The second-order valence-corrected chi connectivity index (χ2v) is 4.43. The highest BCUT2D eigenvalue weighted by molar-refractivity contribution is 5.58. The fourth-order valence-electron chi connectivity index (χ4n) is 1.70. The van der Waals surface area contributed by atoms with Crippen molar-refractivity contribution >= 4 is 12.3 Å². The summed E-state index contributed by atoms with van der Waals surface area (Å²) in [5.74, 6) is 0.555. The molecule has 0 aliphatic carbocycles. The van der Waals surface area contributed by atoms with Gasteiger partial charge in [-0.1, -0.05) is 38.8 Å². The quantitative estimate of drug-likeness (QED) is 0.329. The van der Waals surface area contributed by atoms with Crippen LogP contribution in [0.3, 0.4) is 0 Å². The lowest BCUT2D eigenvalue weighted by Crippen LogP contribution is -1.99. The third-order valence-electron chi connectivity index (χ3n) is 2.62. The molecule has 0 aromatic heterocycles. The lowest BCUT2D eigenvalue weighted by Gasteiger charge is -2.05. The average molecular weight is 286 g/mol. The van der Waals surface area contributed by atoms with Crippen molar-refractivity contribution in [1.29, 1.82) is 0 Å². The van der Waals surface area contributed by atoms with Gasteiger partial charge in [0.25, 0.3) is 0 Å². The van der Waals surface area contributed by atoms with E-state index in [9.17, 15) is 9.59 Å². The van der Waals surface area contributed by atoms with Crippen LogP contribution < -0.4 is 0 Å². The second kappa shape index (κ2) is 10.9. The Morgan fingerprint density at radius 1 is 0.700 bits per heavy atom. The van der Waals surface area contributed by atoms with Gasteiger partial charge in [0.15, 0.2) is 0 Å². The Labute approximate surface area is 118 Å². The molecule has 20 heavy (non-hydrogen) atoms. The highest BCUT2D eigenvalue weighted by atomic mass is 16.7. The Balaban J connectivity index is 3.33. The number of hydrogen-bond acceptors (Lipinski definition) is 4. The van der Waals surface area contributed by atoms with Gasteiger partial charge < -0.3 is 19.7 Å². The largest absolute Gasteiger partial charge is 0.510 e. The molecule has 0 unspecified atom stereocenters. The van der Waals surface area contributed by atoms with Crippen molar-refractivity contribution < 1.29 is 29.3 Å². The monoisotopic (exact) mass is 286 g/mol. The van der Waals surface area contributed by atoms with Crippen LogP contribution in [-0.4, -0.2) is 22.5 Å². The summed E-state index contributed by atoms with van der Waals surface area (Å²) in [5.41, 5.74) is 0. The molecule has 0 saturated heterocycles. The number of rotatable bonds is 11. The molecule has 0 amide bonds. The molecule has 0 aromatic rings. The summed E-state index contributed by atoms with van der Waals surface area (Å²) < 4.78 is 8.81. The van der Waals surface area contributed by atoms with Gasteiger partial charge in [-0.05, 0) is 12.8 Å². The molecule has 0 aliphatic rings. The van der Waals surface area contributed by atoms with Gasteiger partial charge >= 0.3 is 12.3 Å². The van der Waals surface area contributed by atoms with Crippen molar-refractivity contribution in [1.82, 2.24) is 0 Å². The fourth-order valence-corrected chi connectivity index (χ4v) is 1.70. The summed E-state index contributed by atoms with van der Waals surface area (Å²) in [7, 11) is 0. The molecule has 0 aliphatic heterocycles. The zero-order valence-electron chi connectivity index (χ0n) is 11.6. The third-order valence-corrected chi connectivity index (χ3v) is 2.62. The van der Waals surface area contributed by atoms with Crippen LogP contribution in [0.4, 0.5) is 9.59 Å². The Morgan fingerprint density at radius 3 is 1.30 bits per heavy atom. The van der Waals surface area contributed by atoms with Crippen LogP contribution in [0.15, 0.2) is 24.7 Å². The molecule has 2 N–H and O–H groups in total. The molecule has 0 saturated carbocycles. The molecule has 0 radical (unpaired) electrons.